The standard InChI is InChI=1S/C12H18.C2H6.CH4/c1-9(2)11-6-5-7-12(8-11)10(3)4;1-2;/h5-10H,1-4H3;1-2H3;1H4. The van der Waals surface area contributed by atoms with E-state index in [2.05, 4.69) is 52.0 Å². The van der Waals surface area contributed by atoms with Gasteiger partial charge in [-0.05, 0) is 23.0 Å². The summed E-state index contributed by atoms with van der Waals surface area (Å²) in [5, 5.41) is 0. The van der Waals surface area contributed by atoms with Crippen LogP contribution in [-0.2, 0) is 0 Å². The Morgan fingerprint density at radius 3 is 1.40 bits per heavy atom. The minimum absolute atomic E-state index is 0. The van der Waals surface area contributed by atoms with Crippen LogP contribution in [0.15, 0.2) is 24.3 Å². The van der Waals surface area contributed by atoms with Crippen LogP contribution in [0.3, 0.4) is 0 Å². The minimum Gasteiger partial charge on any atom is -0.0776 e. The molecule has 0 saturated heterocycles. The quantitative estimate of drug-likeness (QED) is 0.594. The van der Waals surface area contributed by atoms with E-state index in [0.29, 0.717) is 11.8 Å². The first kappa shape index (κ1) is 16.6. The maximum Gasteiger partial charge on any atom is -0.0219 e. The molecule has 0 atom stereocenters. The van der Waals surface area contributed by atoms with E-state index in [0.717, 1.165) is 0 Å². The summed E-state index contributed by atoms with van der Waals surface area (Å²) in [7, 11) is 0. The van der Waals surface area contributed by atoms with E-state index in [1.165, 1.54) is 11.1 Å². The highest BCUT2D eigenvalue weighted by Gasteiger charge is 2.02. The van der Waals surface area contributed by atoms with Gasteiger partial charge in [-0.2, -0.15) is 0 Å². The maximum absolute atomic E-state index is 2.31. The summed E-state index contributed by atoms with van der Waals surface area (Å²) in [5.74, 6) is 1.28. The monoisotopic (exact) mass is 208 g/mol. The second kappa shape index (κ2) is 8.52. The fraction of sp³-hybridized carbons (Fsp3) is 0.600. The van der Waals surface area contributed by atoms with Crippen molar-refractivity contribution in [1.82, 2.24) is 0 Å². The van der Waals surface area contributed by atoms with Crippen molar-refractivity contribution in [2.45, 2.75) is 60.8 Å². The molecule has 15 heavy (non-hydrogen) atoms. The van der Waals surface area contributed by atoms with Crippen LogP contribution < -0.4 is 0 Å². The fourth-order valence-electron chi connectivity index (χ4n) is 1.28. The molecule has 1 aromatic rings. The Morgan fingerprint density at radius 2 is 1.13 bits per heavy atom. The molecule has 0 aliphatic rings. The van der Waals surface area contributed by atoms with Gasteiger partial charge in [0, 0.05) is 0 Å². The summed E-state index contributed by atoms with van der Waals surface area (Å²) in [5.41, 5.74) is 2.89. The van der Waals surface area contributed by atoms with Gasteiger partial charge in [0.25, 0.3) is 0 Å². The molecule has 0 unspecified atom stereocenters. The van der Waals surface area contributed by atoms with Crippen molar-refractivity contribution < 1.29 is 0 Å². The van der Waals surface area contributed by atoms with E-state index in [9.17, 15) is 0 Å². The molecule has 0 aromatic heterocycles. The van der Waals surface area contributed by atoms with Crippen molar-refractivity contribution >= 4 is 0 Å². The Morgan fingerprint density at radius 1 is 0.800 bits per heavy atom. The van der Waals surface area contributed by atoms with E-state index < -0.39 is 0 Å². The lowest BCUT2D eigenvalue weighted by atomic mass is 9.96. The van der Waals surface area contributed by atoms with Gasteiger partial charge in [-0.1, -0.05) is 73.2 Å². The average Bonchev–Trinajstić information content (AvgIpc) is 2.21. The Kier molecular flexibility index (Phi) is 9.46. The maximum atomic E-state index is 2.31. The molecule has 0 amide bonds. The molecule has 0 N–H and O–H groups in total. The highest BCUT2D eigenvalue weighted by molar-refractivity contribution is 5.27. The van der Waals surface area contributed by atoms with Gasteiger partial charge in [0.1, 0.15) is 0 Å². The molecule has 0 aliphatic heterocycles. The second-order valence-electron chi connectivity index (χ2n) is 3.98. The summed E-state index contributed by atoms with van der Waals surface area (Å²) in [6, 6.07) is 8.88. The molecule has 0 fully saturated rings. The summed E-state index contributed by atoms with van der Waals surface area (Å²) < 4.78 is 0. The molecule has 88 valence electrons. The van der Waals surface area contributed by atoms with Gasteiger partial charge in [0.2, 0.25) is 0 Å². The molecule has 0 heterocycles. The van der Waals surface area contributed by atoms with Crippen LogP contribution >= 0.6 is 0 Å². The van der Waals surface area contributed by atoms with Crippen molar-refractivity contribution in [2.24, 2.45) is 0 Å². The lowest BCUT2D eigenvalue weighted by molar-refractivity contribution is 0.834. The Bertz CT molecular complexity index is 223. The molecule has 0 radical (unpaired) electrons. The predicted octanol–water partition coefficient (Wildman–Crippen LogP) is 5.60. The van der Waals surface area contributed by atoms with E-state index in [4.69, 9.17) is 0 Å². The average molecular weight is 208 g/mol. The molecule has 0 nitrogen and oxygen atoms in total. The van der Waals surface area contributed by atoms with Gasteiger partial charge in [-0.25, -0.2) is 0 Å². The van der Waals surface area contributed by atoms with Crippen LogP contribution in [0.1, 0.15) is 71.9 Å². The van der Waals surface area contributed by atoms with Gasteiger partial charge in [0.15, 0.2) is 0 Å². The summed E-state index contributed by atoms with van der Waals surface area (Å²) in [6.07, 6.45) is 0. The van der Waals surface area contributed by atoms with Crippen molar-refractivity contribution in [3.63, 3.8) is 0 Å². The van der Waals surface area contributed by atoms with Gasteiger partial charge >= 0.3 is 0 Å². The third kappa shape index (κ3) is 5.61. The number of rotatable bonds is 2. The largest absolute Gasteiger partial charge is 0.0776 e. The molecule has 1 aromatic carbocycles. The van der Waals surface area contributed by atoms with Crippen molar-refractivity contribution in [3.8, 4) is 0 Å². The first-order valence-electron chi connectivity index (χ1n) is 5.71. The summed E-state index contributed by atoms with van der Waals surface area (Å²) >= 11 is 0. The van der Waals surface area contributed by atoms with Crippen molar-refractivity contribution in [1.29, 1.82) is 0 Å². The number of benzene rings is 1. The van der Waals surface area contributed by atoms with Gasteiger partial charge in [-0.3, -0.25) is 0 Å². The molecule has 0 spiro atoms. The Balaban J connectivity index is 0. The first-order valence-corrected chi connectivity index (χ1v) is 5.71. The molecule has 0 aliphatic carbocycles. The van der Waals surface area contributed by atoms with Gasteiger partial charge < -0.3 is 0 Å². The number of hydrogen-bond donors (Lipinski definition) is 0. The molecular formula is C15H28. The molecule has 0 heteroatoms. The van der Waals surface area contributed by atoms with Crippen LogP contribution in [0.2, 0.25) is 0 Å². The molecule has 1 rings (SSSR count). The van der Waals surface area contributed by atoms with Crippen molar-refractivity contribution in [3.05, 3.63) is 35.4 Å². The molecule has 0 bridgehead atoms. The zero-order chi connectivity index (χ0) is 11.1. The smallest absolute Gasteiger partial charge is 0.0219 e. The highest BCUT2D eigenvalue weighted by atomic mass is 14.1. The van der Waals surface area contributed by atoms with Crippen LogP contribution in [0.25, 0.3) is 0 Å². The zero-order valence-electron chi connectivity index (χ0n) is 10.5. The van der Waals surface area contributed by atoms with E-state index in [1.807, 2.05) is 13.8 Å². The first-order chi connectivity index (χ1) is 6.61. The van der Waals surface area contributed by atoms with Crippen LogP contribution in [0.4, 0.5) is 0 Å². The lowest BCUT2D eigenvalue weighted by Crippen LogP contribution is -1.91. The molecule has 0 saturated carbocycles. The normalized spacial score (nSPS) is 9.33. The second-order valence-corrected chi connectivity index (χ2v) is 3.98. The topological polar surface area (TPSA) is 0 Å². The Labute approximate surface area is 96.7 Å². The van der Waals surface area contributed by atoms with Crippen LogP contribution in [-0.4, -0.2) is 0 Å². The SMILES string of the molecule is C.CC.CC(C)c1cccc(C(C)C)c1. The van der Waals surface area contributed by atoms with E-state index >= 15 is 0 Å². The summed E-state index contributed by atoms with van der Waals surface area (Å²) in [6.45, 7) is 12.9. The summed E-state index contributed by atoms with van der Waals surface area (Å²) in [4.78, 5) is 0. The zero-order valence-corrected chi connectivity index (χ0v) is 10.5. The predicted molar refractivity (Wildman–Crippen MR) is 72.7 cm³/mol. The van der Waals surface area contributed by atoms with E-state index in [1.54, 1.807) is 0 Å². The van der Waals surface area contributed by atoms with Crippen LogP contribution in [0, 0.1) is 0 Å². The fourth-order valence-corrected chi connectivity index (χ4v) is 1.28. The lowest BCUT2D eigenvalue weighted by Gasteiger charge is -2.09. The highest BCUT2D eigenvalue weighted by Crippen LogP contribution is 2.20. The third-order valence-corrected chi connectivity index (χ3v) is 2.24. The minimum atomic E-state index is 0. The van der Waals surface area contributed by atoms with Gasteiger partial charge in [0.05, 0.1) is 0 Å². The van der Waals surface area contributed by atoms with Crippen LogP contribution in [0.5, 0.6) is 0 Å². The number of hydrogen-bond acceptors (Lipinski definition) is 0. The van der Waals surface area contributed by atoms with Gasteiger partial charge in [-0.15, -0.1) is 0 Å². The van der Waals surface area contributed by atoms with E-state index in [-0.39, 0.29) is 7.43 Å². The Hall–Kier alpha value is -0.780. The molecular weight excluding hydrogens is 180 g/mol. The van der Waals surface area contributed by atoms with Crippen molar-refractivity contribution in [2.75, 3.05) is 0 Å². The third-order valence-electron chi connectivity index (χ3n) is 2.24.